The third-order valence-corrected chi connectivity index (χ3v) is 2.30. The largest absolute Gasteiger partial charge is 0.322 e. The number of hydrogen-bond donors (Lipinski definition) is 1. The van der Waals surface area contributed by atoms with Gasteiger partial charge in [0.2, 0.25) is 0 Å². The second-order valence-corrected chi connectivity index (χ2v) is 4.04. The second kappa shape index (κ2) is 3.81. The molecule has 0 aromatic heterocycles. The molecule has 0 saturated heterocycles. The van der Waals surface area contributed by atoms with Crippen LogP contribution in [-0.4, -0.2) is 23.0 Å². The third-order valence-electron chi connectivity index (χ3n) is 2.30. The lowest BCUT2D eigenvalue weighted by Crippen LogP contribution is -2.52. The summed E-state index contributed by atoms with van der Waals surface area (Å²) in [5.74, 6) is 0.463. The van der Waals surface area contributed by atoms with Crippen molar-refractivity contribution in [3.05, 3.63) is 12.3 Å². The average molecular weight is 182 g/mol. The van der Waals surface area contributed by atoms with Crippen LogP contribution in [0.3, 0.4) is 0 Å². The van der Waals surface area contributed by atoms with Gasteiger partial charge in [-0.3, -0.25) is 0 Å². The van der Waals surface area contributed by atoms with Gasteiger partial charge in [-0.25, -0.2) is 4.79 Å². The fourth-order valence-electron chi connectivity index (χ4n) is 1.64. The molecule has 1 N–H and O–H groups in total. The molecule has 0 bridgehead atoms. The minimum absolute atomic E-state index is 0.0104. The van der Waals surface area contributed by atoms with E-state index < -0.39 is 0 Å². The van der Waals surface area contributed by atoms with E-state index in [2.05, 4.69) is 19.2 Å². The van der Waals surface area contributed by atoms with Gasteiger partial charge < -0.3 is 10.2 Å². The van der Waals surface area contributed by atoms with Gasteiger partial charge in [0.1, 0.15) is 0 Å². The number of amides is 2. The highest BCUT2D eigenvalue weighted by atomic mass is 16.2. The van der Waals surface area contributed by atoms with E-state index >= 15 is 0 Å². The van der Waals surface area contributed by atoms with Crippen molar-refractivity contribution in [2.75, 3.05) is 0 Å². The first-order valence-corrected chi connectivity index (χ1v) is 4.79. The monoisotopic (exact) mass is 182 g/mol. The zero-order valence-electron chi connectivity index (χ0n) is 8.74. The van der Waals surface area contributed by atoms with Gasteiger partial charge in [-0.1, -0.05) is 13.8 Å². The average Bonchev–Trinajstić information content (AvgIpc) is 2.02. The van der Waals surface area contributed by atoms with Crippen molar-refractivity contribution < 1.29 is 4.79 Å². The minimum atomic E-state index is 0.0104. The summed E-state index contributed by atoms with van der Waals surface area (Å²) in [4.78, 5) is 13.4. The van der Waals surface area contributed by atoms with Crippen molar-refractivity contribution >= 4 is 6.03 Å². The number of hydrogen-bond acceptors (Lipinski definition) is 1. The molecule has 1 rings (SSSR count). The summed E-state index contributed by atoms with van der Waals surface area (Å²) in [5, 5.41) is 2.70. The topological polar surface area (TPSA) is 32.3 Å². The van der Waals surface area contributed by atoms with Gasteiger partial charge >= 0.3 is 6.03 Å². The summed E-state index contributed by atoms with van der Waals surface area (Å²) in [5.41, 5.74) is 0. The molecular weight excluding hydrogens is 164 g/mol. The fourth-order valence-corrected chi connectivity index (χ4v) is 1.64. The van der Waals surface area contributed by atoms with E-state index in [1.807, 2.05) is 24.8 Å². The van der Waals surface area contributed by atoms with Crippen molar-refractivity contribution in [1.29, 1.82) is 0 Å². The van der Waals surface area contributed by atoms with Crippen LogP contribution < -0.4 is 5.32 Å². The highest BCUT2D eigenvalue weighted by Crippen LogP contribution is 2.17. The molecule has 1 unspecified atom stereocenters. The molecule has 0 spiro atoms. The van der Waals surface area contributed by atoms with Crippen LogP contribution in [0.2, 0.25) is 0 Å². The summed E-state index contributed by atoms with van der Waals surface area (Å²) in [7, 11) is 0. The highest BCUT2D eigenvalue weighted by molar-refractivity contribution is 5.77. The molecule has 13 heavy (non-hydrogen) atoms. The summed E-state index contributed by atoms with van der Waals surface area (Å²) >= 11 is 0. The molecule has 0 fully saturated rings. The van der Waals surface area contributed by atoms with Crippen molar-refractivity contribution in [3.8, 4) is 0 Å². The van der Waals surface area contributed by atoms with Gasteiger partial charge in [0.25, 0.3) is 0 Å². The zero-order valence-corrected chi connectivity index (χ0v) is 8.74. The molecule has 3 nitrogen and oxygen atoms in total. The van der Waals surface area contributed by atoms with Gasteiger partial charge in [0.05, 0.1) is 6.04 Å². The van der Waals surface area contributed by atoms with Crippen LogP contribution in [0, 0.1) is 5.92 Å². The summed E-state index contributed by atoms with van der Waals surface area (Å²) in [6.07, 6.45) is 3.79. The fraction of sp³-hybridized carbons (Fsp3) is 0.700. The zero-order chi connectivity index (χ0) is 10.0. The van der Waals surface area contributed by atoms with Crippen LogP contribution in [0.1, 0.15) is 27.7 Å². The first-order chi connectivity index (χ1) is 6.04. The Morgan fingerprint density at radius 1 is 1.38 bits per heavy atom. The smallest absolute Gasteiger partial charge is 0.315 e. The third kappa shape index (κ3) is 2.02. The van der Waals surface area contributed by atoms with E-state index in [0.717, 1.165) is 0 Å². The standard InChI is InChI=1S/C10H18N2O/c1-7(2)9-5-6-11-10(13)12(9)8(3)4/h5-9H,1-4H3,(H,11,13). The summed E-state index contributed by atoms with van der Waals surface area (Å²) < 4.78 is 0. The predicted octanol–water partition coefficient (Wildman–Crippen LogP) is 1.96. The Kier molecular flexibility index (Phi) is 2.96. The predicted molar refractivity (Wildman–Crippen MR) is 53.3 cm³/mol. The van der Waals surface area contributed by atoms with Gasteiger partial charge in [-0.15, -0.1) is 0 Å². The maximum atomic E-state index is 11.5. The maximum Gasteiger partial charge on any atom is 0.322 e. The lowest BCUT2D eigenvalue weighted by atomic mass is 10.0. The van der Waals surface area contributed by atoms with Gasteiger partial charge in [-0.2, -0.15) is 0 Å². The molecule has 3 heteroatoms. The van der Waals surface area contributed by atoms with E-state index in [9.17, 15) is 4.79 Å². The highest BCUT2D eigenvalue weighted by Gasteiger charge is 2.28. The molecule has 1 heterocycles. The molecule has 2 amide bonds. The molecule has 1 aliphatic rings. The molecule has 0 aromatic rings. The summed E-state index contributed by atoms with van der Waals surface area (Å²) in [6, 6.07) is 0.488. The van der Waals surface area contributed by atoms with Crippen molar-refractivity contribution in [3.63, 3.8) is 0 Å². The number of carbonyl (C=O) groups excluding carboxylic acids is 1. The van der Waals surface area contributed by atoms with Crippen LogP contribution in [0.5, 0.6) is 0 Å². The number of nitrogens with one attached hydrogen (secondary N) is 1. The lowest BCUT2D eigenvalue weighted by molar-refractivity contribution is 0.150. The SMILES string of the molecule is CC(C)C1C=CNC(=O)N1C(C)C. The van der Waals surface area contributed by atoms with E-state index in [-0.39, 0.29) is 18.1 Å². The van der Waals surface area contributed by atoms with Crippen molar-refractivity contribution in [2.45, 2.75) is 39.8 Å². The van der Waals surface area contributed by atoms with Crippen molar-refractivity contribution in [2.24, 2.45) is 5.92 Å². The Morgan fingerprint density at radius 3 is 2.38 bits per heavy atom. The molecule has 0 aromatic carbocycles. The minimum Gasteiger partial charge on any atom is -0.315 e. The molecule has 0 saturated carbocycles. The molecule has 1 aliphatic heterocycles. The van der Waals surface area contributed by atoms with E-state index in [1.54, 1.807) is 6.20 Å². The Balaban J connectivity index is 2.85. The Bertz CT molecular complexity index is 221. The van der Waals surface area contributed by atoms with Crippen LogP contribution in [0.4, 0.5) is 4.79 Å². The normalized spacial score (nSPS) is 22.8. The Labute approximate surface area is 79.8 Å². The molecule has 1 atom stereocenters. The summed E-state index contributed by atoms with van der Waals surface area (Å²) in [6.45, 7) is 8.33. The molecular formula is C10H18N2O. The quantitative estimate of drug-likeness (QED) is 0.695. The maximum absolute atomic E-state index is 11.5. The van der Waals surface area contributed by atoms with Crippen LogP contribution in [0.15, 0.2) is 12.3 Å². The lowest BCUT2D eigenvalue weighted by Gasteiger charge is -2.37. The number of carbonyl (C=O) groups is 1. The second-order valence-electron chi connectivity index (χ2n) is 4.04. The Morgan fingerprint density at radius 2 is 2.00 bits per heavy atom. The Hall–Kier alpha value is -0.990. The van der Waals surface area contributed by atoms with E-state index in [0.29, 0.717) is 5.92 Å². The first-order valence-electron chi connectivity index (χ1n) is 4.79. The van der Waals surface area contributed by atoms with Gasteiger partial charge in [0.15, 0.2) is 0 Å². The van der Waals surface area contributed by atoms with Gasteiger partial charge in [0, 0.05) is 12.2 Å². The molecule has 0 radical (unpaired) electrons. The first kappa shape index (κ1) is 10.1. The van der Waals surface area contributed by atoms with Crippen LogP contribution in [0.25, 0.3) is 0 Å². The molecule has 74 valence electrons. The van der Waals surface area contributed by atoms with E-state index in [1.165, 1.54) is 0 Å². The van der Waals surface area contributed by atoms with Crippen molar-refractivity contribution in [1.82, 2.24) is 10.2 Å². The van der Waals surface area contributed by atoms with Crippen LogP contribution >= 0.6 is 0 Å². The number of nitrogens with zero attached hydrogens (tertiary/aromatic N) is 1. The van der Waals surface area contributed by atoms with Gasteiger partial charge in [-0.05, 0) is 25.8 Å². The number of urea groups is 1. The van der Waals surface area contributed by atoms with Crippen LogP contribution in [-0.2, 0) is 0 Å². The van der Waals surface area contributed by atoms with E-state index in [4.69, 9.17) is 0 Å². The molecule has 0 aliphatic carbocycles. The number of rotatable bonds is 2.